The molecule has 0 aromatic carbocycles. The Hall–Kier alpha value is -0.0800. The fourth-order valence-electron chi connectivity index (χ4n) is 3.57. The Bertz CT molecular complexity index is 254. The first-order chi connectivity index (χ1) is 7.96. The average molecular weight is 240 g/mol. The van der Waals surface area contributed by atoms with Crippen molar-refractivity contribution in [3.05, 3.63) is 0 Å². The molecule has 1 N–H and O–H groups in total. The molecule has 0 aromatic heterocycles. The van der Waals surface area contributed by atoms with E-state index in [1.54, 1.807) is 0 Å². The smallest absolute Gasteiger partial charge is 0.0971 e. The Morgan fingerprint density at radius 1 is 1.41 bits per heavy atom. The third kappa shape index (κ3) is 3.03. The summed E-state index contributed by atoms with van der Waals surface area (Å²) in [6.45, 7) is 7.42. The normalized spacial score (nSPS) is 36.2. The average Bonchev–Trinajstić information content (AvgIpc) is 2.97. The van der Waals surface area contributed by atoms with Crippen molar-refractivity contribution >= 4 is 0 Å². The van der Waals surface area contributed by atoms with Crippen molar-refractivity contribution in [1.29, 1.82) is 0 Å². The first-order valence-corrected chi connectivity index (χ1v) is 7.33. The van der Waals surface area contributed by atoms with E-state index in [-0.39, 0.29) is 5.60 Å². The first kappa shape index (κ1) is 13.4. The second kappa shape index (κ2) is 4.89. The van der Waals surface area contributed by atoms with Gasteiger partial charge in [-0.1, -0.05) is 39.5 Å². The van der Waals surface area contributed by atoms with Gasteiger partial charge in [-0.05, 0) is 32.1 Å². The van der Waals surface area contributed by atoms with Crippen molar-refractivity contribution in [3.63, 3.8) is 0 Å². The van der Waals surface area contributed by atoms with E-state index in [2.05, 4.69) is 13.8 Å². The van der Waals surface area contributed by atoms with Crippen molar-refractivity contribution in [2.24, 2.45) is 11.8 Å². The molecule has 2 heteroatoms. The van der Waals surface area contributed by atoms with Crippen LogP contribution in [0.3, 0.4) is 0 Å². The Kier molecular flexibility index (Phi) is 3.84. The largest absolute Gasteiger partial charge is 0.390 e. The van der Waals surface area contributed by atoms with E-state index in [4.69, 9.17) is 4.74 Å². The molecule has 2 rings (SSSR count). The summed E-state index contributed by atoms with van der Waals surface area (Å²) in [6.07, 6.45) is 8.14. The summed E-state index contributed by atoms with van der Waals surface area (Å²) < 4.78 is 5.70. The van der Waals surface area contributed by atoms with Crippen LogP contribution >= 0.6 is 0 Å². The molecule has 0 aromatic rings. The van der Waals surface area contributed by atoms with Crippen LogP contribution in [0.25, 0.3) is 0 Å². The molecule has 100 valence electrons. The van der Waals surface area contributed by atoms with E-state index in [9.17, 15) is 5.11 Å². The van der Waals surface area contributed by atoms with Gasteiger partial charge in [-0.15, -0.1) is 0 Å². The van der Waals surface area contributed by atoms with Crippen LogP contribution in [0, 0.1) is 11.8 Å². The fourth-order valence-corrected chi connectivity index (χ4v) is 3.57. The lowest BCUT2D eigenvalue weighted by Gasteiger charge is -2.40. The molecular formula is C15H28O2. The lowest BCUT2D eigenvalue weighted by molar-refractivity contribution is -0.0603. The number of hydrogen-bond acceptors (Lipinski definition) is 2. The van der Waals surface area contributed by atoms with Gasteiger partial charge in [-0.2, -0.15) is 0 Å². The zero-order valence-electron chi connectivity index (χ0n) is 11.7. The SMILES string of the molecule is CC(C)CCC[C@](C)(O)C1CCCC[C@]12CO2. The second-order valence-corrected chi connectivity index (χ2v) is 6.80. The molecule has 1 heterocycles. The van der Waals surface area contributed by atoms with E-state index in [0.29, 0.717) is 5.92 Å². The van der Waals surface area contributed by atoms with Crippen molar-refractivity contribution in [3.8, 4) is 0 Å². The molecule has 2 nitrogen and oxygen atoms in total. The topological polar surface area (TPSA) is 32.8 Å². The summed E-state index contributed by atoms with van der Waals surface area (Å²) in [4.78, 5) is 0. The Balaban J connectivity index is 1.89. The third-order valence-electron chi connectivity index (χ3n) is 4.71. The number of rotatable bonds is 5. The molecular weight excluding hydrogens is 212 g/mol. The van der Waals surface area contributed by atoms with Gasteiger partial charge in [0.15, 0.2) is 0 Å². The molecule has 1 spiro atoms. The number of epoxide rings is 1. The molecule has 2 fully saturated rings. The van der Waals surface area contributed by atoms with Gasteiger partial charge >= 0.3 is 0 Å². The summed E-state index contributed by atoms with van der Waals surface area (Å²) in [5.41, 5.74) is -0.453. The highest BCUT2D eigenvalue weighted by molar-refractivity contribution is 5.06. The minimum Gasteiger partial charge on any atom is -0.390 e. The first-order valence-electron chi connectivity index (χ1n) is 7.33. The number of ether oxygens (including phenoxy) is 1. The molecule has 0 bridgehead atoms. The van der Waals surface area contributed by atoms with Gasteiger partial charge in [-0.3, -0.25) is 0 Å². The Labute approximate surface area is 106 Å². The van der Waals surface area contributed by atoms with E-state index < -0.39 is 5.60 Å². The zero-order valence-corrected chi connectivity index (χ0v) is 11.7. The van der Waals surface area contributed by atoms with Gasteiger partial charge in [0.05, 0.1) is 17.8 Å². The zero-order chi connectivity index (χ0) is 12.5. The van der Waals surface area contributed by atoms with Crippen LogP contribution in [-0.4, -0.2) is 22.9 Å². The minimum atomic E-state index is -0.522. The maximum absolute atomic E-state index is 10.7. The van der Waals surface area contributed by atoms with Crippen LogP contribution in [0.4, 0.5) is 0 Å². The van der Waals surface area contributed by atoms with Crippen LogP contribution < -0.4 is 0 Å². The Morgan fingerprint density at radius 2 is 2.12 bits per heavy atom. The van der Waals surface area contributed by atoms with E-state index in [1.165, 1.54) is 19.3 Å². The molecule has 2 aliphatic rings. The molecule has 1 unspecified atom stereocenters. The highest BCUT2D eigenvalue weighted by Gasteiger charge is 2.57. The van der Waals surface area contributed by atoms with Crippen LogP contribution in [0.2, 0.25) is 0 Å². The van der Waals surface area contributed by atoms with Crippen LogP contribution in [-0.2, 0) is 4.74 Å². The molecule has 0 amide bonds. The summed E-state index contributed by atoms with van der Waals surface area (Å²) >= 11 is 0. The van der Waals surface area contributed by atoms with Crippen LogP contribution in [0.1, 0.15) is 65.7 Å². The maximum atomic E-state index is 10.7. The van der Waals surface area contributed by atoms with E-state index >= 15 is 0 Å². The van der Waals surface area contributed by atoms with Crippen LogP contribution in [0.5, 0.6) is 0 Å². The highest BCUT2D eigenvalue weighted by atomic mass is 16.6. The predicted molar refractivity (Wildman–Crippen MR) is 70.0 cm³/mol. The number of aliphatic hydroxyl groups is 1. The molecule has 0 radical (unpaired) electrons. The van der Waals surface area contributed by atoms with Gasteiger partial charge in [-0.25, -0.2) is 0 Å². The van der Waals surface area contributed by atoms with Gasteiger partial charge in [0.2, 0.25) is 0 Å². The van der Waals surface area contributed by atoms with Crippen molar-refractivity contribution < 1.29 is 9.84 Å². The maximum Gasteiger partial charge on any atom is 0.0971 e. The highest BCUT2D eigenvalue weighted by Crippen LogP contribution is 2.51. The molecule has 17 heavy (non-hydrogen) atoms. The van der Waals surface area contributed by atoms with Gasteiger partial charge < -0.3 is 9.84 Å². The third-order valence-corrected chi connectivity index (χ3v) is 4.71. The molecule has 1 aliphatic carbocycles. The summed E-state index contributed by atoms with van der Waals surface area (Å²) in [5, 5.41) is 10.7. The second-order valence-electron chi connectivity index (χ2n) is 6.80. The predicted octanol–water partition coefficient (Wildman–Crippen LogP) is 3.52. The molecule has 3 atom stereocenters. The lowest BCUT2D eigenvalue weighted by Crippen LogP contribution is -2.45. The van der Waals surface area contributed by atoms with Crippen LogP contribution in [0.15, 0.2) is 0 Å². The molecule has 1 aliphatic heterocycles. The summed E-state index contributed by atoms with van der Waals surface area (Å²) in [7, 11) is 0. The fraction of sp³-hybridized carbons (Fsp3) is 1.00. The molecule has 1 saturated carbocycles. The van der Waals surface area contributed by atoms with Crippen molar-refractivity contribution in [2.45, 2.75) is 76.9 Å². The van der Waals surface area contributed by atoms with Crippen molar-refractivity contribution in [2.75, 3.05) is 6.61 Å². The van der Waals surface area contributed by atoms with E-state index in [1.807, 2.05) is 6.92 Å². The standard InChI is InChI=1S/C15H28O2/c1-12(2)7-6-9-14(3,16)13-8-4-5-10-15(13)11-17-15/h12-13,16H,4-11H2,1-3H3/t13?,14-,15-/m0/s1. The lowest BCUT2D eigenvalue weighted by atomic mass is 9.69. The monoisotopic (exact) mass is 240 g/mol. The van der Waals surface area contributed by atoms with E-state index in [0.717, 1.165) is 38.2 Å². The summed E-state index contributed by atoms with van der Waals surface area (Å²) in [6, 6.07) is 0. The Morgan fingerprint density at radius 3 is 2.71 bits per heavy atom. The van der Waals surface area contributed by atoms with Crippen molar-refractivity contribution in [1.82, 2.24) is 0 Å². The molecule has 1 saturated heterocycles. The van der Waals surface area contributed by atoms with Gasteiger partial charge in [0.25, 0.3) is 0 Å². The van der Waals surface area contributed by atoms with Gasteiger partial charge in [0.1, 0.15) is 0 Å². The minimum absolute atomic E-state index is 0.0690. The number of hydrogen-bond donors (Lipinski definition) is 1. The van der Waals surface area contributed by atoms with Gasteiger partial charge in [0, 0.05) is 5.92 Å². The summed E-state index contributed by atoms with van der Waals surface area (Å²) in [5.74, 6) is 1.11. The quantitative estimate of drug-likeness (QED) is 0.746.